The van der Waals surface area contributed by atoms with E-state index in [9.17, 15) is 4.79 Å². The summed E-state index contributed by atoms with van der Waals surface area (Å²) < 4.78 is 10.9. The molecule has 0 aliphatic carbocycles. The number of hydrogen-bond donors (Lipinski definition) is 3. The number of aromatic amines is 1. The predicted octanol–water partition coefficient (Wildman–Crippen LogP) is 1.02. The number of nitrogen functional groups attached to an aromatic ring is 1. The molecule has 7 heteroatoms. The molecule has 2 aromatic rings. The Morgan fingerprint density at radius 2 is 2.21 bits per heavy atom. The first kappa shape index (κ1) is 11.4. The van der Waals surface area contributed by atoms with E-state index in [4.69, 9.17) is 15.2 Å². The molecular formula is C12H12N4O3. The first-order chi connectivity index (χ1) is 9.25. The molecule has 0 saturated heterocycles. The maximum atomic E-state index is 12.2. The average Bonchev–Trinajstić information content (AvgIpc) is 2.83. The van der Waals surface area contributed by atoms with E-state index in [0.717, 1.165) is 0 Å². The summed E-state index contributed by atoms with van der Waals surface area (Å²) in [5.74, 6) is 1.04. The van der Waals surface area contributed by atoms with Crippen molar-refractivity contribution < 1.29 is 14.3 Å². The van der Waals surface area contributed by atoms with Crippen LogP contribution in [-0.4, -0.2) is 29.3 Å². The van der Waals surface area contributed by atoms with Crippen LogP contribution in [-0.2, 0) is 0 Å². The lowest BCUT2D eigenvalue weighted by molar-refractivity contribution is 0.101. The van der Waals surface area contributed by atoms with Crippen LogP contribution < -0.4 is 20.5 Å². The molecule has 0 bridgehead atoms. The summed E-state index contributed by atoms with van der Waals surface area (Å²) in [6.45, 7) is 0.898. The quantitative estimate of drug-likeness (QED) is 0.748. The maximum absolute atomic E-state index is 12.2. The second kappa shape index (κ2) is 4.52. The van der Waals surface area contributed by atoms with E-state index in [1.54, 1.807) is 18.2 Å². The van der Waals surface area contributed by atoms with Crippen molar-refractivity contribution in [3.05, 3.63) is 30.0 Å². The van der Waals surface area contributed by atoms with E-state index in [-0.39, 0.29) is 5.91 Å². The van der Waals surface area contributed by atoms with Crippen molar-refractivity contribution in [2.24, 2.45) is 0 Å². The number of nitrogens with zero attached hydrogens (tertiary/aromatic N) is 1. The smallest absolute Gasteiger partial charge is 0.260 e. The standard InChI is InChI=1S/C12H12N4O3/c13-8-6-14-16-11(8)15-12(17)7-2-1-3-9-10(7)19-5-4-18-9/h1-3,6H,4-5,13H2,(H2,14,15,16,17). The molecule has 2 heterocycles. The van der Waals surface area contributed by atoms with Crippen molar-refractivity contribution in [2.75, 3.05) is 24.3 Å². The Balaban J connectivity index is 1.90. The molecule has 1 aliphatic heterocycles. The number of aromatic nitrogens is 2. The zero-order valence-electron chi connectivity index (χ0n) is 9.97. The SMILES string of the molecule is Nc1cn[nH]c1NC(=O)c1cccc2c1OCCO2. The Labute approximate surface area is 108 Å². The van der Waals surface area contributed by atoms with E-state index < -0.39 is 0 Å². The Morgan fingerprint density at radius 3 is 3.00 bits per heavy atom. The largest absolute Gasteiger partial charge is 0.486 e. The molecule has 1 aliphatic rings. The second-order valence-corrected chi connectivity index (χ2v) is 3.98. The van der Waals surface area contributed by atoms with Gasteiger partial charge in [-0.25, -0.2) is 0 Å². The third kappa shape index (κ3) is 2.05. The van der Waals surface area contributed by atoms with Gasteiger partial charge in [-0.15, -0.1) is 0 Å². The van der Waals surface area contributed by atoms with Crippen LogP contribution in [0.5, 0.6) is 11.5 Å². The topological polar surface area (TPSA) is 102 Å². The number of anilines is 2. The first-order valence-electron chi connectivity index (χ1n) is 5.74. The van der Waals surface area contributed by atoms with E-state index in [2.05, 4.69) is 15.5 Å². The summed E-state index contributed by atoms with van der Waals surface area (Å²) in [6.07, 6.45) is 1.43. The fourth-order valence-corrected chi connectivity index (χ4v) is 1.83. The normalized spacial score (nSPS) is 13.1. The summed E-state index contributed by atoms with van der Waals surface area (Å²) in [5, 5.41) is 8.98. The highest BCUT2D eigenvalue weighted by Crippen LogP contribution is 2.34. The zero-order valence-corrected chi connectivity index (χ0v) is 9.97. The highest BCUT2D eigenvalue weighted by Gasteiger charge is 2.21. The molecule has 3 rings (SSSR count). The van der Waals surface area contributed by atoms with Crippen molar-refractivity contribution >= 4 is 17.4 Å². The van der Waals surface area contributed by atoms with Gasteiger partial charge in [-0.1, -0.05) is 6.07 Å². The minimum Gasteiger partial charge on any atom is -0.486 e. The molecular weight excluding hydrogens is 248 g/mol. The second-order valence-electron chi connectivity index (χ2n) is 3.98. The third-order valence-corrected chi connectivity index (χ3v) is 2.72. The number of H-pyrrole nitrogens is 1. The van der Waals surface area contributed by atoms with Crippen LogP contribution >= 0.6 is 0 Å². The van der Waals surface area contributed by atoms with Crippen LogP contribution in [0.3, 0.4) is 0 Å². The molecule has 0 saturated carbocycles. The van der Waals surface area contributed by atoms with Crippen LogP contribution in [0.15, 0.2) is 24.4 Å². The molecule has 1 amide bonds. The third-order valence-electron chi connectivity index (χ3n) is 2.72. The summed E-state index contributed by atoms with van der Waals surface area (Å²) >= 11 is 0. The Morgan fingerprint density at radius 1 is 1.37 bits per heavy atom. The Kier molecular flexibility index (Phi) is 2.71. The van der Waals surface area contributed by atoms with Crippen molar-refractivity contribution in [3.8, 4) is 11.5 Å². The van der Waals surface area contributed by atoms with Crippen molar-refractivity contribution in [1.82, 2.24) is 10.2 Å². The van der Waals surface area contributed by atoms with Gasteiger partial charge in [-0.3, -0.25) is 9.89 Å². The number of carbonyl (C=O) groups is 1. The molecule has 19 heavy (non-hydrogen) atoms. The van der Waals surface area contributed by atoms with Gasteiger partial charge in [-0.2, -0.15) is 5.10 Å². The number of carbonyl (C=O) groups excluding carboxylic acids is 1. The van der Waals surface area contributed by atoms with Crippen molar-refractivity contribution in [2.45, 2.75) is 0 Å². The first-order valence-corrected chi connectivity index (χ1v) is 5.74. The molecule has 0 unspecified atom stereocenters. The fraction of sp³-hybridized carbons (Fsp3) is 0.167. The number of nitrogens with two attached hydrogens (primary N) is 1. The number of ether oxygens (including phenoxy) is 2. The molecule has 1 aromatic carbocycles. The molecule has 1 aromatic heterocycles. The summed E-state index contributed by atoms with van der Waals surface area (Å²) in [7, 11) is 0. The predicted molar refractivity (Wildman–Crippen MR) is 68.4 cm³/mol. The van der Waals surface area contributed by atoms with E-state index in [1.165, 1.54) is 6.20 Å². The zero-order chi connectivity index (χ0) is 13.2. The summed E-state index contributed by atoms with van der Waals surface area (Å²) in [4.78, 5) is 12.2. The number of rotatable bonds is 2. The van der Waals surface area contributed by atoms with Crippen LogP contribution in [0.1, 0.15) is 10.4 Å². The molecule has 0 atom stereocenters. The maximum Gasteiger partial charge on any atom is 0.260 e. The van der Waals surface area contributed by atoms with Crippen molar-refractivity contribution in [3.63, 3.8) is 0 Å². The number of hydrogen-bond acceptors (Lipinski definition) is 5. The van der Waals surface area contributed by atoms with Gasteiger partial charge in [0.2, 0.25) is 0 Å². The van der Waals surface area contributed by atoms with E-state index in [0.29, 0.717) is 41.8 Å². The Hall–Kier alpha value is -2.70. The van der Waals surface area contributed by atoms with Gasteiger partial charge >= 0.3 is 0 Å². The van der Waals surface area contributed by atoms with Gasteiger partial charge in [0.15, 0.2) is 17.3 Å². The van der Waals surface area contributed by atoms with Crippen LogP contribution in [0.4, 0.5) is 11.5 Å². The van der Waals surface area contributed by atoms with Gasteiger partial charge in [0, 0.05) is 0 Å². The fourth-order valence-electron chi connectivity index (χ4n) is 1.83. The van der Waals surface area contributed by atoms with Gasteiger partial charge < -0.3 is 20.5 Å². The highest BCUT2D eigenvalue weighted by molar-refractivity contribution is 6.07. The lowest BCUT2D eigenvalue weighted by Gasteiger charge is -2.20. The lowest BCUT2D eigenvalue weighted by atomic mass is 10.1. The minimum atomic E-state index is -0.335. The summed E-state index contributed by atoms with van der Waals surface area (Å²) in [6, 6.07) is 5.16. The van der Waals surface area contributed by atoms with Crippen LogP contribution in [0.25, 0.3) is 0 Å². The molecule has 0 radical (unpaired) electrons. The van der Waals surface area contributed by atoms with Crippen molar-refractivity contribution in [1.29, 1.82) is 0 Å². The van der Waals surface area contributed by atoms with Gasteiger partial charge in [0.25, 0.3) is 5.91 Å². The molecule has 98 valence electrons. The molecule has 7 nitrogen and oxygen atoms in total. The molecule has 0 fully saturated rings. The highest BCUT2D eigenvalue weighted by atomic mass is 16.6. The number of para-hydroxylation sites is 1. The average molecular weight is 260 g/mol. The van der Waals surface area contributed by atoms with Gasteiger partial charge in [0.1, 0.15) is 13.2 Å². The molecule has 0 spiro atoms. The minimum absolute atomic E-state index is 0.335. The molecule has 4 N–H and O–H groups in total. The van der Waals surface area contributed by atoms with Crippen LogP contribution in [0, 0.1) is 0 Å². The Bertz CT molecular complexity index is 623. The van der Waals surface area contributed by atoms with E-state index in [1.807, 2.05) is 0 Å². The number of nitrogens with one attached hydrogen (secondary N) is 2. The monoisotopic (exact) mass is 260 g/mol. The number of fused-ring (bicyclic) bond motifs is 1. The van der Waals surface area contributed by atoms with E-state index >= 15 is 0 Å². The van der Waals surface area contributed by atoms with Crippen LogP contribution in [0.2, 0.25) is 0 Å². The number of amides is 1. The summed E-state index contributed by atoms with van der Waals surface area (Å²) in [5.41, 5.74) is 6.41. The van der Waals surface area contributed by atoms with Gasteiger partial charge in [-0.05, 0) is 12.1 Å². The lowest BCUT2D eigenvalue weighted by Crippen LogP contribution is -2.20. The van der Waals surface area contributed by atoms with Gasteiger partial charge in [0.05, 0.1) is 17.4 Å². The number of benzene rings is 1.